The fraction of sp³-hybridized carbons (Fsp3) is 0.625. The Morgan fingerprint density at radius 3 is 2.63 bits per heavy atom. The number of aryl methyl sites for hydroxylation is 1. The smallest absolute Gasteiger partial charge is 0.115 e. The second kappa shape index (κ2) is 5.14. The van der Waals surface area contributed by atoms with Gasteiger partial charge in [-0.1, -0.05) is 12.5 Å². The summed E-state index contributed by atoms with van der Waals surface area (Å²) in [6.07, 6.45) is 6.11. The standard InChI is InChI=1S/C16H24N2O/c1-11-4-3-5-12(2)18(11)17-16-9-6-13-10-14(19)7-8-15(13)16/h7-8,10-12,16-17,19H,3-6,9H2,1-2H3. The summed E-state index contributed by atoms with van der Waals surface area (Å²) in [4.78, 5) is 0. The molecule has 1 heterocycles. The van der Waals surface area contributed by atoms with E-state index < -0.39 is 0 Å². The van der Waals surface area contributed by atoms with Gasteiger partial charge in [0, 0.05) is 18.1 Å². The predicted octanol–water partition coefficient (Wildman–Crippen LogP) is 3.15. The lowest BCUT2D eigenvalue weighted by Crippen LogP contribution is -2.52. The fourth-order valence-electron chi connectivity index (χ4n) is 3.59. The summed E-state index contributed by atoms with van der Waals surface area (Å²) in [5.74, 6) is 0.388. The summed E-state index contributed by atoms with van der Waals surface area (Å²) in [6.45, 7) is 4.63. The van der Waals surface area contributed by atoms with Crippen molar-refractivity contribution < 1.29 is 5.11 Å². The van der Waals surface area contributed by atoms with Crippen LogP contribution in [0.15, 0.2) is 18.2 Å². The Bertz CT molecular complexity index is 450. The highest BCUT2D eigenvalue weighted by Gasteiger charge is 2.30. The van der Waals surface area contributed by atoms with Gasteiger partial charge in [-0.05, 0) is 62.8 Å². The number of rotatable bonds is 2. The molecule has 1 aliphatic carbocycles. The maximum Gasteiger partial charge on any atom is 0.115 e. The summed E-state index contributed by atoms with van der Waals surface area (Å²) < 4.78 is 0. The predicted molar refractivity (Wildman–Crippen MR) is 76.9 cm³/mol. The van der Waals surface area contributed by atoms with Crippen molar-refractivity contribution >= 4 is 0 Å². The van der Waals surface area contributed by atoms with Crippen molar-refractivity contribution in [1.82, 2.24) is 10.4 Å². The maximum atomic E-state index is 9.56. The van der Waals surface area contributed by atoms with Crippen LogP contribution in [0.3, 0.4) is 0 Å². The van der Waals surface area contributed by atoms with Crippen molar-refractivity contribution in [2.45, 2.75) is 64.1 Å². The molecule has 3 atom stereocenters. The van der Waals surface area contributed by atoms with E-state index >= 15 is 0 Å². The molecule has 1 fully saturated rings. The lowest BCUT2D eigenvalue weighted by Gasteiger charge is -2.41. The molecule has 0 bridgehead atoms. The molecule has 0 radical (unpaired) electrons. The van der Waals surface area contributed by atoms with Crippen molar-refractivity contribution in [2.24, 2.45) is 0 Å². The van der Waals surface area contributed by atoms with Gasteiger partial charge < -0.3 is 5.11 Å². The van der Waals surface area contributed by atoms with Gasteiger partial charge in [0.2, 0.25) is 0 Å². The van der Waals surface area contributed by atoms with Crippen molar-refractivity contribution in [3.8, 4) is 5.75 Å². The van der Waals surface area contributed by atoms with Gasteiger partial charge in [-0.15, -0.1) is 0 Å². The zero-order valence-corrected chi connectivity index (χ0v) is 11.9. The van der Waals surface area contributed by atoms with Gasteiger partial charge in [0.1, 0.15) is 5.75 Å². The Hall–Kier alpha value is -1.06. The highest BCUT2D eigenvalue weighted by Crippen LogP contribution is 2.34. The molecule has 1 aromatic carbocycles. The van der Waals surface area contributed by atoms with Crippen LogP contribution < -0.4 is 5.43 Å². The molecular formula is C16H24N2O. The lowest BCUT2D eigenvalue weighted by molar-refractivity contribution is 0.0293. The maximum absolute atomic E-state index is 9.56. The number of hydrazine groups is 1. The minimum absolute atomic E-state index is 0.388. The molecule has 19 heavy (non-hydrogen) atoms. The second-order valence-corrected chi connectivity index (χ2v) is 6.14. The van der Waals surface area contributed by atoms with E-state index in [9.17, 15) is 5.11 Å². The number of hydrogen-bond donors (Lipinski definition) is 2. The molecule has 1 aromatic rings. The number of aromatic hydroxyl groups is 1. The summed E-state index contributed by atoms with van der Waals surface area (Å²) in [5.41, 5.74) is 6.41. The van der Waals surface area contributed by atoms with E-state index in [-0.39, 0.29) is 0 Å². The van der Waals surface area contributed by atoms with Gasteiger partial charge in [0.25, 0.3) is 0 Å². The third-order valence-electron chi connectivity index (χ3n) is 4.70. The van der Waals surface area contributed by atoms with Crippen molar-refractivity contribution in [3.63, 3.8) is 0 Å². The van der Waals surface area contributed by atoms with Crippen LogP contribution in [0.1, 0.15) is 56.7 Å². The molecule has 3 unspecified atom stereocenters. The zero-order chi connectivity index (χ0) is 13.4. The molecule has 104 valence electrons. The van der Waals surface area contributed by atoms with E-state index in [0.717, 1.165) is 12.8 Å². The average Bonchev–Trinajstić information content (AvgIpc) is 2.76. The molecule has 3 heteroatoms. The summed E-state index contributed by atoms with van der Waals surface area (Å²) in [6, 6.07) is 7.45. The SMILES string of the molecule is CC1CCCC(C)N1NC1CCc2cc(O)ccc21. The lowest BCUT2D eigenvalue weighted by atomic mass is 9.99. The van der Waals surface area contributed by atoms with Crippen LogP contribution in [0, 0.1) is 0 Å². The number of benzene rings is 1. The quantitative estimate of drug-likeness (QED) is 0.857. The van der Waals surface area contributed by atoms with Crippen LogP contribution in [0.5, 0.6) is 5.75 Å². The molecule has 1 saturated heterocycles. The molecule has 0 aromatic heterocycles. The molecule has 2 N–H and O–H groups in total. The molecule has 3 nitrogen and oxygen atoms in total. The Morgan fingerprint density at radius 1 is 1.16 bits per heavy atom. The molecule has 0 spiro atoms. The average molecular weight is 260 g/mol. The first-order valence-corrected chi connectivity index (χ1v) is 7.51. The first-order chi connectivity index (χ1) is 9.15. The monoisotopic (exact) mass is 260 g/mol. The third-order valence-corrected chi connectivity index (χ3v) is 4.70. The number of nitrogens with one attached hydrogen (secondary N) is 1. The Balaban J connectivity index is 1.75. The van der Waals surface area contributed by atoms with Gasteiger partial charge in [-0.25, -0.2) is 10.4 Å². The van der Waals surface area contributed by atoms with Crippen LogP contribution in [-0.2, 0) is 6.42 Å². The largest absolute Gasteiger partial charge is 0.508 e. The minimum atomic E-state index is 0.388. The Kier molecular flexibility index (Phi) is 3.50. The van der Waals surface area contributed by atoms with Crippen molar-refractivity contribution in [3.05, 3.63) is 29.3 Å². The van der Waals surface area contributed by atoms with E-state index in [0.29, 0.717) is 23.9 Å². The first kappa shape index (κ1) is 12.9. The molecule has 0 saturated carbocycles. The van der Waals surface area contributed by atoms with E-state index in [2.05, 4.69) is 30.3 Å². The minimum Gasteiger partial charge on any atom is -0.508 e. The van der Waals surface area contributed by atoms with E-state index in [1.54, 1.807) is 0 Å². The highest BCUT2D eigenvalue weighted by atomic mass is 16.3. The van der Waals surface area contributed by atoms with Gasteiger partial charge in [0.15, 0.2) is 0 Å². The van der Waals surface area contributed by atoms with Crippen LogP contribution in [0.4, 0.5) is 0 Å². The molecule has 2 aliphatic rings. The van der Waals surface area contributed by atoms with E-state index in [4.69, 9.17) is 0 Å². The molecule has 3 rings (SSSR count). The number of nitrogens with zero attached hydrogens (tertiary/aromatic N) is 1. The number of piperidine rings is 1. The van der Waals surface area contributed by atoms with Crippen molar-refractivity contribution in [1.29, 1.82) is 0 Å². The second-order valence-electron chi connectivity index (χ2n) is 6.14. The first-order valence-electron chi connectivity index (χ1n) is 7.51. The van der Waals surface area contributed by atoms with E-state index in [1.807, 2.05) is 12.1 Å². The van der Waals surface area contributed by atoms with Gasteiger partial charge >= 0.3 is 0 Å². The number of phenols is 1. The fourth-order valence-corrected chi connectivity index (χ4v) is 3.59. The normalized spacial score (nSPS) is 31.4. The van der Waals surface area contributed by atoms with Gasteiger partial charge in [-0.2, -0.15) is 0 Å². The molecular weight excluding hydrogens is 236 g/mol. The zero-order valence-electron chi connectivity index (χ0n) is 11.9. The number of fused-ring (bicyclic) bond motifs is 1. The Morgan fingerprint density at radius 2 is 1.89 bits per heavy atom. The molecule has 0 amide bonds. The summed E-state index contributed by atoms with van der Waals surface area (Å²) in [7, 11) is 0. The third kappa shape index (κ3) is 2.49. The summed E-state index contributed by atoms with van der Waals surface area (Å²) >= 11 is 0. The molecule has 1 aliphatic heterocycles. The highest BCUT2D eigenvalue weighted by molar-refractivity contribution is 5.39. The summed E-state index contributed by atoms with van der Waals surface area (Å²) in [5, 5.41) is 12.0. The van der Waals surface area contributed by atoms with Crippen LogP contribution in [0.2, 0.25) is 0 Å². The topological polar surface area (TPSA) is 35.5 Å². The van der Waals surface area contributed by atoms with Crippen molar-refractivity contribution in [2.75, 3.05) is 0 Å². The van der Waals surface area contributed by atoms with Gasteiger partial charge in [0.05, 0.1) is 0 Å². The van der Waals surface area contributed by atoms with E-state index in [1.165, 1.54) is 30.4 Å². The number of hydrogen-bond acceptors (Lipinski definition) is 3. The Labute approximate surface area is 115 Å². The van der Waals surface area contributed by atoms with Crippen LogP contribution >= 0.6 is 0 Å². The van der Waals surface area contributed by atoms with Crippen LogP contribution in [0.25, 0.3) is 0 Å². The van der Waals surface area contributed by atoms with Gasteiger partial charge in [-0.3, -0.25) is 0 Å². The van der Waals surface area contributed by atoms with Crippen LogP contribution in [-0.4, -0.2) is 22.2 Å². The number of phenolic OH excluding ortho intramolecular Hbond substituents is 1.